The summed E-state index contributed by atoms with van der Waals surface area (Å²) >= 11 is 0. The Hall–Kier alpha value is -2.60. The highest BCUT2D eigenvalue weighted by molar-refractivity contribution is 5.87. The van der Waals surface area contributed by atoms with E-state index in [1.54, 1.807) is 60.4 Å². The third kappa shape index (κ3) is 3.36. The second-order valence-electron chi connectivity index (χ2n) is 16.9. The van der Waals surface area contributed by atoms with E-state index in [0.717, 1.165) is 82.9 Å². The second-order valence-corrected chi connectivity index (χ2v) is 16.9. The van der Waals surface area contributed by atoms with E-state index in [-0.39, 0.29) is 0 Å². The standard InChI is InChI=1S/C44H48/c1-3-11-29-25(7-1)9-5-13-31(29)37-23-39-35-19-17-27-15-16-28-18-20-36(42(35)41(27)28)40-24-38(34-22-21-33(37)43(34)44(39)40)32-14-6-10-26-8-2-4-12-30(26)32/h1-14,27-28,33-44H,15-24H2. The van der Waals surface area contributed by atoms with Gasteiger partial charge in [0, 0.05) is 0 Å². The van der Waals surface area contributed by atoms with Gasteiger partial charge in [-0.15, -0.1) is 0 Å². The summed E-state index contributed by atoms with van der Waals surface area (Å²) in [5.41, 5.74) is 3.43. The summed E-state index contributed by atoms with van der Waals surface area (Å²) in [5.74, 6) is 13.5. The van der Waals surface area contributed by atoms with Crippen LogP contribution in [0.2, 0.25) is 0 Å². The molecule has 224 valence electrons. The zero-order valence-electron chi connectivity index (χ0n) is 26.2. The van der Waals surface area contributed by atoms with Gasteiger partial charge in [0.15, 0.2) is 0 Å². The normalized spacial score (nSPS) is 44.8. The van der Waals surface area contributed by atoms with Crippen molar-refractivity contribution in [2.75, 3.05) is 0 Å². The molecule has 0 heterocycles. The molecule has 0 spiro atoms. The minimum absolute atomic E-state index is 0.751. The van der Waals surface area contributed by atoms with Gasteiger partial charge in [0.05, 0.1) is 0 Å². The average molecular weight is 577 g/mol. The number of hydrogen-bond acceptors (Lipinski definition) is 0. The van der Waals surface area contributed by atoms with E-state index in [4.69, 9.17) is 0 Å². The minimum atomic E-state index is 0.751. The molecular formula is C44H48. The Kier molecular flexibility index (Phi) is 5.50. The predicted octanol–water partition coefficient (Wildman–Crippen LogP) is 11.3. The van der Waals surface area contributed by atoms with E-state index in [9.17, 15) is 0 Å². The highest BCUT2D eigenvalue weighted by Crippen LogP contribution is 2.74. The van der Waals surface area contributed by atoms with Crippen LogP contribution in [0.25, 0.3) is 21.5 Å². The van der Waals surface area contributed by atoms with Crippen molar-refractivity contribution in [2.45, 2.75) is 76.0 Å². The van der Waals surface area contributed by atoms with Crippen molar-refractivity contribution in [2.24, 2.45) is 71.0 Å². The Morgan fingerprint density at radius 3 is 1.30 bits per heavy atom. The molecule has 7 saturated carbocycles. The molecule has 0 bridgehead atoms. The fourth-order valence-electron chi connectivity index (χ4n) is 15.1. The molecule has 0 saturated heterocycles. The van der Waals surface area contributed by atoms with Gasteiger partial charge in [-0.3, -0.25) is 0 Å². The van der Waals surface area contributed by atoms with Crippen LogP contribution in [-0.2, 0) is 0 Å². The van der Waals surface area contributed by atoms with Crippen molar-refractivity contribution in [1.82, 2.24) is 0 Å². The fraction of sp³-hybridized carbons (Fsp3) is 0.545. The Morgan fingerprint density at radius 1 is 0.341 bits per heavy atom. The third-order valence-electron chi connectivity index (χ3n) is 16.1. The van der Waals surface area contributed by atoms with Gasteiger partial charge < -0.3 is 0 Å². The van der Waals surface area contributed by atoms with Crippen molar-refractivity contribution in [3.63, 3.8) is 0 Å². The van der Waals surface area contributed by atoms with Gasteiger partial charge in [0.2, 0.25) is 0 Å². The summed E-state index contributed by atoms with van der Waals surface area (Å²) in [6.07, 6.45) is 15.3. The molecular weight excluding hydrogens is 528 g/mol. The quantitative estimate of drug-likeness (QED) is 0.223. The molecule has 0 aromatic heterocycles. The van der Waals surface area contributed by atoms with Crippen molar-refractivity contribution >= 4 is 21.5 Å². The maximum Gasteiger partial charge on any atom is -0.0122 e. The van der Waals surface area contributed by atoms with Crippen LogP contribution in [0, 0.1) is 71.0 Å². The van der Waals surface area contributed by atoms with Crippen molar-refractivity contribution in [3.8, 4) is 0 Å². The first-order valence-electron chi connectivity index (χ1n) is 18.8. The van der Waals surface area contributed by atoms with Gasteiger partial charge in [0.25, 0.3) is 0 Å². The minimum Gasteiger partial charge on any atom is -0.0616 e. The topological polar surface area (TPSA) is 0 Å². The van der Waals surface area contributed by atoms with Gasteiger partial charge in [-0.25, -0.2) is 0 Å². The van der Waals surface area contributed by atoms with Crippen LogP contribution >= 0.6 is 0 Å². The molecule has 11 rings (SSSR count). The summed E-state index contributed by atoms with van der Waals surface area (Å²) < 4.78 is 0. The third-order valence-corrected chi connectivity index (χ3v) is 16.1. The van der Waals surface area contributed by atoms with Crippen molar-refractivity contribution in [1.29, 1.82) is 0 Å². The van der Waals surface area contributed by atoms with Crippen LogP contribution in [0.4, 0.5) is 0 Å². The first-order chi connectivity index (χ1) is 21.8. The summed E-state index contributed by atoms with van der Waals surface area (Å²) in [5, 5.41) is 6.04. The lowest BCUT2D eigenvalue weighted by molar-refractivity contribution is -0.173. The number of benzene rings is 4. The lowest BCUT2D eigenvalue weighted by Gasteiger charge is -2.67. The summed E-state index contributed by atoms with van der Waals surface area (Å²) in [6, 6.07) is 33.4. The lowest BCUT2D eigenvalue weighted by Crippen LogP contribution is -2.60. The Morgan fingerprint density at radius 2 is 0.750 bits per heavy atom. The average Bonchev–Trinajstić information content (AvgIpc) is 3.72. The predicted molar refractivity (Wildman–Crippen MR) is 181 cm³/mol. The molecule has 7 aliphatic rings. The molecule has 0 heteroatoms. The van der Waals surface area contributed by atoms with Crippen molar-refractivity contribution < 1.29 is 0 Å². The Labute approximate surface area is 264 Å². The van der Waals surface area contributed by atoms with Gasteiger partial charge in [-0.05, 0) is 180 Å². The first-order valence-corrected chi connectivity index (χ1v) is 18.8. The molecule has 0 N–H and O–H groups in total. The summed E-state index contributed by atoms with van der Waals surface area (Å²) in [7, 11) is 0. The molecule has 7 aliphatic carbocycles. The Bertz CT molecular complexity index is 1610. The van der Waals surface area contributed by atoms with E-state index >= 15 is 0 Å². The van der Waals surface area contributed by atoms with Crippen LogP contribution in [0.3, 0.4) is 0 Å². The van der Waals surface area contributed by atoms with Gasteiger partial charge in [-0.2, -0.15) is 0 Å². The summed E-state index contributed by atoms with van der Waals surface area (Å²) in [6.45, 7) is 0. The number of fused-ring (bicyclic) bond motifs is 4. The van der Waals surface area contributed by atoms with Gasteiger partial charge >= 0.3 is 0 Å². The fourth-order valence-corrected chi connectivity index (χ4v) is 15.1. The molecule has 10 unspecified atom stereocenters. The SMILES string of the molecule is c1ccc2c(C3CC4C5CCC6CCC7CCC(C8CC(c9cccc%10ccccc9%10)C9CCC3C9C48)C5C67)cccc2c1. The molecule has 0 nitrogen and oxygen atoms in total. The molecule has 10 atom stereocenters. The zero-order valence-corrected chi connectivity index (χ0v) is 26.2. The van der Waals surface area contributed by atoms with Crippen LogP contribution in [-0.4, -0.2) is 0 Å². The molecule has 0 amide bonds. The van der Waals surface area contributed by atoms with E-state index in [2.05, 4.69) is 84.9 Å². The molecule has 4 aromatic carbocycles. The molecule has 44 heavy (non-hydrogen) atoms. The van der Waals surface area contributed by atoms with E-state index in [0.29, 0.717) is 0 Å². The maximum atomic E-state index is 2.57. The van der Waals surface area contributed by atoms with Crippen LogP contribution < -0.4 is 0 Å². The van der Waals surface area contributed by atoms with Crippen molar-refractivity contribution in [3.05, 3.63) is 96.1 Å². The van der Waals surface area contributed by atoms with Crippen LogP contribution in [0.1, 0.15) is 87.2 Å². The van der Waals surface area contributed by atoms with Crippen LogP contribution in [0.15, 0.2) is 84.9 Å². The van der Waals surface area contributed by atoms with E-state index in [1.165, 1.54) is 36.5 Å². The zero-order chi connectivity index (χ0) is 28.5. The first kappa shape index (κ1) is 25.6. The largest absolute Gasteiger partial charge is 0.0616 e. The summed E-state index contributed by atoms with van der Waals surface area (Å²) in [4.78, 5) is 0. The van der Waals surface area contributed by atoms with Crippen LogP contribution in [0.5, 0.6) is 0 Å². The Balaban J connectivity index is 1.09. The van der Waals surface area contributed by atoms with E-state index < -0.39 is 0 Å². The highest BCUT2D eigenvalue weighted by Gasteiger charge is 2.66. The molecule has 0 radical (unpaired) electrons. The number of hydrogen-bond donors (Lipinski definition) is 0. The smallest absolute Gasteiger partial charge is 0.0122 e. The van der Waals surface area contributed by atoms with E-state index in [1.807, 2.05) is 0 Å². The van der Waals surface area contributed by atoms with Gasteiger partial charge in [0.1, 0.15) is 0 Å². The molecule has 7 fully saturated rings. The number of rotatable bonds is 2. The molecule has 0 aliphatic heterocycles. The second kappa shape index (κ2) is 9.47. The molecule has 4 aromatic rings. The highest BCUT2D eigenvalue weighted by atomic mass is 14.7. The maximum absolute atomic E-state index is 2.57. The lowest BCUT2D eigenvalue weighted by atomic mass is 9.38. The van der Waals surface area contributed by atoms with Gasteiger partial charge in [-0.1, -0.05) is 84.9 Å². The monoisotopic (exact) mass is 576 g/mol.